The highest BCUT2D eigenvalue weighted by Gasteiger charge is 2.11. The van der Waals surface area contributed by atoms with Crippen molar-refractivity contribution in [3.8, 4) is 0 Å². The van der Waals surface area contributed by atoms with Crippen LogP contribution in [0.2, 0.25) is 0 Å². The van der Waals surface area contributed by atoms with Gasteiger partial charge >= 0.3 is 0 Å². The summed E-state index contributed by atoms with van der Waals surface area (Å²) in [6.45, 7) is 11.0. The molecule has 0 spiro atoms. The molecular weight excluding hydrogens is 348 g/mol. The second kappa shape index (κ2) is 15.5. The summed E-state index contributed by atoms with van der Waals surface area (Å²) >= 11 is 0. The van der Waals surface area contributed by atoms with Gasteiger partial charge in [-0.1, -0.05) is 54.6 Å². The summed E-state index contributed by atoms with van der Waals surface area (Å²) < 4.78 is 17.5. The van der Waals surface area contributed by atoms with E-state index in [0.29, 0.717) is 12.7 Å². The van der Waals surface area contributed by atoms with E-state index >= 15 is 0 Å². The van der Waals surface area contributed by atoms with Crippen LogP contribution >= 0.6 is 0 Å². The summed E-state index contributed by atoms with van der Waals surface area (Å²) in [5.41, 5.74) is 1.24. The van der Waals surface area contributed by atoms with E-state index in [1.807, 2.05) is 33.8 Å². The number of hydrogen-bond donors (Lipinski definition) is 0. The van der Waals surface area contributed by atoms with Gasteiger partial charge < -0.3 is 14.2 Å². The molecule has 0 radical (unpaired) electrons. The van der Waals surface area contributed by atoms with Gasteiger partial charge in [-0.2, -0.15) is 0 Å². The fraction of sp³-hybridized carbons (Fsp3) is 0.600. The predicted octanol–water partition coefficient (Wildman–Crippen LogP) is 6.83. The minimum Gasteiger partial charge on any atom is -0.374 e. The van der Waals surface area contributed by atoms with Crippen LogP contribution in [0.25, 0.3) is 0 Å². The Bertz CT molecular complexity index is 524. The molecule has 1 aromatic carbocycles. The maximum absolute atomic E-state index is 5.91. The smallest absolute Gasteiger partial charge is 0.161 e. The van der Waals surface area contributed by atoms with Crippen molar-refractivity contribution in [2.24, 2.45) is 0 Å². The molecule has 1 unspecified atom stereocenters. The third-order valence-corrected chi connectivity index (χ3v) is 4.14. The first kappa shape index (κ1) is 24.6. The largest absolute Gasteiger partial charge is 0.374 e. The van der Waals surface area contributed by atoms with Gasteiger partial charge in [0, 0.05) is 6.42 Å². The molecule has 0 amide bonds. The van der Waals surface area contributed by atoms with E-state index in [9.17, 15) is 0 Å². The van der Waals surface area contributed by atoms with Gasteiger partial charge in [-0.15, -0.1) is 0 Å². The zero-order valence-electron chi connectivity index (χ0n) is 18.5. The average molecular weight is 389 g/mol. The molecule has 158 valence electrons. The van der Waals surface area contributed by atoms with Gasteiger partial charge in [-0.3, -0.25) is 0 Å². The van der Waals surface area contributed by atoms with Crippen LogP contribution in [0.4, 0.5) is 0 Å². The molecule has 1 atom stereocenters. The monoisotopic (exact) mass is 388 g/mol. The van der Waals surface area contributed by atoms with E-state index in [-0.39, 0.29) is 18.5 Å². The van der Waals surface area contributed by atoms with Crippen molar-refractivity contribution < 1.29 is 14.2 Å². The molecule has 1 rings (SSSR count). The van der Waals surface area contributed by atoms with Gasteiger partial charge in [0.05, 0.1) is 24.9 Å². The third-order valence-electron chi connectivity index (χ3n) is 4.14. The first-order chi connectivity index (χ1) is 13.5. The number of unbranched alkanes of at least 4 members (excludes halogenated alkanes) is 1. The lowest BCUT2D eigenvalue weighted by Crippen LogP contribution is -2.23. The van der Waals surface area contributed by atoms with Gasteiger partial charge in [-0.05, 0) is 65.9 Å². The SMILES string of the molecule is CC(C)OC(C/C=C\C/C=C\CCCC(C)OCc1ccccc1)OC(C)C. The zero-order valence-corrected chi connectivity index (χ0v) is 18.5. The van der Waals surface area contributed by atoms with E-state index in [1.54, 1.807) is 0 Å². The van der Waals surface area contributed by atoms with E-state index in [2.05, 4.69) is 55.5 Å². The maximum Gasteiger partial charge on any atom is 0.161 e. The summed E-state index contributed by atoms with van der Waals surface area (Å²) in [7, 11) is 0. The Morgan fingerprint density at radius 1 is 0.821 bits per heavy atom. The summed E-state index contributed by atoms with van der Waals surface area (Å²) in [5, 5.41) is 0. The van der Waals surface area contributed by atoms with Crippen molar-refractivity contribution in [3.63, 3.8) is 0 Å². The molecule has 0 heterocycles. The van der Waals surface area contributed by atoms with Crippen LogP contribution in [0.15, 0.2) is 54.6 Å². The normalized spacial score (nSPS) is 13.6. The minimum atomic E-state index is -0.155. The van der Waals surface area contributed by atoms with Gasteiger partial charge in [0.1, 0.15) is 0 Å². The Morgan fingerprint density at radius 2 is 1.46 bits per heavy atom. The Labute approximate surface area is 172 Å². The van der Waals surface area contributed by atoms with Crippen molar-refractivity contribution in [1.82, 2.24) is 0 Å². The molecule has 3 heteroatoms. The van der Waals surface area contributed by atoms with Gasteiger partial charge in [0.25, 0.3) is 0 Å². The minimum absolute atomic E-state index is 0.155. The van der Waals surface area contributed by atoms with Crippen molar-refractivity contribution in [2.75, 3.05) is 0 Å². The van der Waals surface area contributed by atoms with Crippen LogP contribution in [-0.4, -0.2) is 24.6 Å². The number of allylic oxidation sites excluding steroid dienone is 3. The van der Waals surface area contributed by atoms with Crippen molar-refractivity contribution in [1.29, 1.82) is 0 Å². The molecule has 0 aliphatic heterocycles. The van der Waals surface area contributed by atoms with Crippen LogP contribution < -0.4 is 0 Å². The zero-order chi connectivity index (χ0) is 20.6. The summed E-state index contributed by atoms with van der Waals surface area (Å²) in [6, 6.07) is 10.4. The Morgan fingerprint density at radius 3 is 2.11 bits per heavy atom. The number of hydrogen-bond acceptors (Lipinski definition) is 3. The lowest BCUT2D eigenvalue weighted by molar-refractivity contribution is -0.178. The third kappa shape index (κ3) is 13.7. The highest BCUT2D eigenvalue weighted by atomic mass is 16.7. The first-order valence-corrected chi connectivity index (χ1v) is 10.7. The standard InChI is InChI=1S/C25H40O3/c1-21(2)27-25(28-22(3)4)19-15-10-8-6-7-9-12-16-23(5)26-20-24-17-13-11-14-18-24/h6-7,10-11,13-15,17-18,21-23,25H,8-9,12,16,19-20H2,1-5H3/b7-6-,15-10-. The Hall–Kier alpha value is -1.42. The summed E-state index contributed by atoms with van der Waals surface area (Å²) in [6.07, 6.45) is 14.4. The highest BCUT2D eigenvalue weighted by Crippen LogP contribution is 2.10. The van der Waals surface area contributed by atoms with Crippen molar-refractivity contribution in [3.05, 3.63) is 60.2 Å². The molecule has 3 nitrogen and oxygen atoms in total. The molecule has 0 N–H and O–H groups in total. The second-order valence-electron chi connectivity index (χ2n) is 7.75. The van der Waals surface area contributed by atoms with E-state index < -0.39 is 0 Å². The molecule has 0 aliphatic rings. The number of rotatable bonds is 15. The molecule has 1 aromatic rings. The van der Waals surface area contributed by atoms with Crippen LogP contribution in [0.1, 0.15) is 72.3 Å². The number of benzene rings is 1. The molecule has 0 bridgehead atoms. The van der Waals surface area contributed by atoms with Gasteiger partial charge in [0.2, 0.25) is 0 Å². The van der Waals surface area contributed by atoms with Crippen LogP contribution in [0, 0.1) is 0 Å². The van der Waals surface area contributed by atoms with Crippen LogP contribution in [0.3, 0.4) is 0 Å². The predicted molar refractivity (Wildman–Crippen MR) is 118 cm³/mol. The van der Waals surface area contributed by atoms with Crippen molar-refractivity contribution in [2.45, 2.75) is 97.9 Å². The Balaban J connectivity index is 2.09. The topological polar surface area (TPSA) is 27.7 Å². The second-order valence-corrected chi connectivity index (χ2v) is 7.75. The average Bonchev–Trinajstić information content (AvgIpc) is 2.64. The van der Waals surface area contributed by atoms with E-state index in [1.165, 1.54) is 5.56 Å². The lowest BCUT2D eigenvalue weighted by Gasteiger charge is -2.21. The Kier molecular flexibility index (Phi) is 13.6. The molecule has 0 saturated heterocycles. The van der Waals surface area contributed by atoms with Gasteiger partial charge in [-0.25, -0.2) is 0 Å². The first-order valence-electron chi connectivity index (χ1n) is 10.7. The maximum atomic E-state index is 5.91. The number of ether oxygens (including phenoxy) is 3. The van der Waals surface area contributed by atoms with Crippen molar-refractivity contribution >= 4 is 0 Å². The molecule has 28 heavy (non-hydrogen) atoms. The van der Waals surface area contributed by atoms with E-state index in [0.717, 1.165) is 32.1 Å². The van der Waals surface area contributed by atoms with Gasteiger partial charge in [0.15, 0.2) is 6.29 Å². The molecule has 0 saturated carbocycles. The highest BCUT2D eigenvalue weighted by molar-refractivity contribution is 5.13. The fourth-order valence-corrected chi connectivity index (χ4v) is 2.77. The van der Waals surface area contributed by atoms with E-state index in [4.69, 9.17) is 14.2 Å². The summed E-state index contributed by atoms with van der Waals surface area (Å²) in [5.74, 6) is 0. The van der Waals surface area contributed by atoms with Crippen LogP contribution in [0.5, 0.6) is 0 Å². The lowest BCUT2D eigenvalue weighted by atomic mass is 10.1. The summed E-state index contributed by atoms with van der Waals surface area (Å²) in [4.78, 5) is 0. The molecule has 0 aliphatic carbocycles. The quantitative estimate of drug-likeness (QED) is 0.187. The molecule has 0 aromatic heterocycles. The molecular formula is C25H40O3. The molecule has 0 fully saturated rings. The van der Waals surface area contributed by atoms with Crippen LogP contribution in [-0.2, 0) is 20.8 Å². The fourth-order valence-electron chi connectivity index (χ4n) is 2.77.